The van der Waals surface area contributed by atoms with Gasteiger partial charge in [0.2, 0.25) is 0 Å². The predicted molar refractivity (Wildman–Crippen MR) is 82.4 cm³/mol. The van der Waals surface area contributed by atoms with E-state index in [1.54, 1.807) is 12.1 Å². The molecular weight excluding hydrogens is 274 g/mol. The van der Waals surface area contributed by atoms with Crippen LogP contribution in [0.4, 0.5) is 0 Å². The standard InChI is InChI=1S/C16H24ClNO2/c1-15(2)13(16(15,3)4)9-18-8-10-6-11(17)7-12(20-5)14(10)19/h6-7,13,18-19H,8-9H2,1-5H3. The van der Waals surface area contributed by atoms with Gasteiger partial charge in [-0.1, -0.05) is 39.3 Å². The molecule has 20 heavy (non-hydrogen) atoms. The molecule has 2 N–H and O–H groups in total. The van der Waals surface area contributed by atoms with Gasteiger partial charge in [0.1, 0.15) is 0 Å². The number of nitrogens with one attached hydrogen (secondary N) is 1. The normalized spacial score (nSPS) is 19.9. The number of aromatic hydroxyl groups is 1. The van der Waals surface area contributed by atoms with E-state index in [1.165, 1.54) is 7.11 Å². The fourth-order valence-corrected chi connectivity index (χ4v) is 3.34. The van der Waals surface area contributed by atoms with Gasteiger partial charge in [0, 0.05) is 23.2 Å². The fraction of sp³-hybridized carbons (Fsp3) is 0.625. The largest absolute Gasteiger partial charge is 0.504 e. The first-order chi connectivity index (χ1) is 9.21. The molecule has 0 aliphatic heterocycles. The van der Waals surface area contributed by atoms with E-state index in [4.69, 9.17) is 16.3 Å². The Kier molecular flexibility index (Phi) is 3.96. The Morgan fingerprint density at radius 1 is 1.25 bits per heavy atom. The van der Waals surface area contributed by atoms with E-state index >= 15 is 0 Å². The molecule has 0 saturated heterocycles. The molecule has 0 heterocycles. The molecule has 2 rings (SSSR count). The second kappa shape index (κ2) is 5.12. The summed E-state index contributed by atoms with van der Waals surface area (Å²) in [5, 5.41) is 14.1. The number of ether oxygens (including phenoxy) is 1. The molecule has 112 valence electrons. The number of phenolic OH excluding ortho intramolecular Hbond substituents is 1. The molecule has 0 aromatic heterocycles. The highest BCUT2D eigenvalue weighted by Crippen LogP contribution is 2.67. The zero-order valence-electron chi connectivity index (χ0n) is 12.9. The van der Waals surface area contributed by atoms with Crippen LogP contribution in [0.2, 0.25) is 5.02 Å². The second-order valence-corrected chi connectivity index (χ2v) is 7.18. The summed E-state index contributed by atoms with van der Waals surface area (Å²) in [6.07, 6.45) is 0. The summed E-state index contributed by atoms with van der Waals surface area (Å²) >= 11 is 6.03. The minimum Gasteiger partial charge on any atom is -0.504 e. The SMILES string of the molecule is COc1cc(Cl)cc(CNCC2C(C)(C)C2(C)C)c1O. The average Bonchev–Trinajstić information content (AvgIpc) is 2.75. The third kappa shape index (κ3) is 2.49. The number of hydrogen-bond donors (Lipinski definition) is 2. The molecule has 4 heteroatoms. The quantitative estimate of drug-likeness (QED) is 0.868. The number of benzene rings is 1. The monoisotopic (exact) mass is 297 g/mol. The van der Waals surface area contributed by atoms with Gasteiger partial charge in [-0.25, -0.2) is 0 Å². The van der Waals surface area contributed by atoms with Crippen LogP contribution in [0.25, 0.3) is 0 Å². The minimum absolute atomic E-state index is 0.165. The van der Waals surface area contributed by atoms with E-state index in [2.05, 4.69) is 33.0 Å². The van der Waals surface area contributed by atoms with E-state index < -0.39 is 0 Å². The minimum atomic E-state index is 0.165. The van der Waals surface area contributed by atoms with Crippen molar-refractivity contribution in [3.05, 3.63) is 22.7 Å². The van der Waals surface area contributed by atoms with Crippen molar-refractivity contribution < 1.29 is 9.84 Å². The van der Waals surface area contributed by atoms with Gasteiger partial charge in [-0.15, -0.1) is 0 Å². The number of hydrogen-bond acceptors (Lipinski definition) is 3. The molecule has 1 aromatic carbocycles. The third-order valence-electron chi connectivity index (χ3n) is 5.32. The van der Waals surface area contributed by atoms with Crippen molar-refractivity contribution in [1.29, 1.82) is 0 Å². The topological polar surface area (TPSA) is 41.5 Å². The number of halogens is 1. The first-order valence-electron chi connectivity index (χ1n) is 6.98. The van der Waals surface area contributed by atoms with E-state index in [9.17, 15) is 5.11 Å². The number of phenols is 1. The molecule has 0 spiro atoms. The molecule has 1 fully saturated rings. The Labute approximate surface area is 126 Å². The first-order valence-corrected chi connectivity index (χ1v) is 7.35. The van der Waals surface area contributed by atoms with Crippen molar-refractivity contribution in [2.45, 2.75) is 34.2 Å². The molecule has 0 unspecified atom stereocenters. The zero-order chi connectivity index (χ0) is 15.1. The first kappa shape index (κ1) is 15.5. The van der Waals surface area contributed by atoms with E-state index in [0.717, 1.165) is 12.1 Å². The summed E-state index contributed by atoms with van der Waals surface area (Å²) in [7, 11) is 1.53. The molecular formula is C16H24ClNO2. The van der Waals surface area contributed by atoms with Crippen LogP contribution < -0.4 is 10.1 Å². The van der Waals surface area contributed by atoms with E-state index in [-0.39, 0.29) is 5.75 Å². The molecule has 1 aliphatic carbocycles. The fourth-order valence-electron chi connectivity index (χ4n) is 3.11. The van der Waals surface area contributed by atoms with Crippen LogP contribution in [0, 0.1) is 16.7 Å². The summed E-state index contributed by atoms with van der Waals surface area (Å²) in [6.45, 7) is 10.7. The van der Waals surface area contributed by atoms with Gasteiger partial charge in [-0.05, 0) is 29.4 Å². The molecule has 0 atom stereocenters. The highest BCUT2D eigenvalue weighted by Gasteiger charge is 2.63. The van der Waals surface area contributed by atoms with Gasteiger partial charge < -0.3 is 15.2 Å². The Bertz CT molecular complexity index is 497. The maximum Gasteiger partial charge on any atom is 0.162 e. The Morgan fingerprint density at radius 2 is 1.85 bits per heavy atom. The third-order valence-corrected chi connectivity index (χ3v) is 5.54. The number of rotatable bonds is 5. The summed E-state index contributed by atoms with van der Waals surface area (Å²) in [4.78, 5) is 0. The van der Waals surface area contributed by atoms with E-state index in [0.29, 0.717) is 34.1 Å². The van der Waals surface area contributed by atoms with Crippen molar-refractivity contribution >= 4 is 11.6 Å². The second-order valence-electron chi connectivity index (χ2n) is 6.74. The molecule has 1 aromatic rings. The van der Waals surface area contributed by atoms with Crippen LogP contribution in [0.5, 0.6) is 11.5 Å². The van der Waals surface area contributed by atoms with Gasteiger partial charge in [0.05, 0.1) is 7.11 Å². The van der Waals surface area contributed by atoms with E-state index in [1.807, 2.05) is 0 Å². The molecule has 0 amide bonds. The van der Waals surface area contributed by atoms with Crippen LogP contribution in [0.15, 0.2) is 12.1 Å². The maximum absolute atomic E-state index is 10.1. The van der Waals surface area contributed by atoms with Crippen molar-refractivity contribution in [2.75, 3.05) is 13.7 Å². The molecule has 0 bridgehead atoms. The predicted octanol–water partition coefficient (Wildman–Crippen LogP) is 3.83. The summed E-state index contributed by atoms with van der Waals surface area (Å²) in [6, 6.07) is 3.39. The summed E-state index contributed by atoms with van der Waals surface area (Å²) in [5.74, 6) is 1.23. The lowest BCUT2D eigenvalue weighted by atomic mass is 10.0. The lowest BCUT2D eigenvalue weighted by molar-refractivity contribution is 0.369. The van der Waals surface area contributed by atoms with Gasteiger partial charge in [0.15, 0.2) is 11.5 Å². The average molecular weight is 298 g/mol. The molecule has 1 aliphatic rings. The highest BCUT2D eigenvalue weighted by molar-refractivity contribution is 6.30. The van der Waals surface area contributed by atoms with Crippen LogP contribution in [0.1, 0.15) is 33.3 Å². The lowest BCUT2D eigenvalue weighted by Gasteiger charge is -2.11. The lowest BCUT2D eigenvalue weighted by Crippen LogP contribution is -2.19. The van der Waals surface area contributed by atoms with Crippen LogP contribution in [0.3, 0.4) is 0 Å². The van der Waals surface area contributed by atoms with Gasteiger partial charge in [-0.3, -0.25) is 0 Å². The Morgan fingerprint density at radius 3 is 2.35 bits per heavy atom. The van der Waals surface area contributed by atoms with Gasteiger partial charge in [0.25, 0.3) is 0 Å². The molecule has 3 nitrogen and oxygen atoms in total. The molecule has 0 radical (unpaired) electrons. The number of methoxy groups -OCH3 is 1. The van der Waals surface area contributed by atoms with Crippen molar-refractivity contribution in [2.24, 2.45) is 16.7 Å². The van der Waals surface area contributed by atoms with Crippen LogP contribution >= 0.6 is 11.6 Å². The Hall–Kier alpha value is -0.930. The molecule has 1 saturated carbocycles. The van der Waals surface area contributed by atoms with Crippen LogP contribution in [-0.4, -0.2) is 18.8 Å². The van der Waals surface area contributed by atoms with Crippen molar-refractivity contribution in [3.63, 3.8) is 0 Å². The summed E-state index contributed by atoms with van der Waals surface area (Å²) < 4.78 is 5.11. The van der Waals surface area contributed by atoms with Crippen molar-refractivity contribution in [3.8, 4) is 11.5 Å². The highest BCUT2D eigenvalue weighted by atomic mass is 35.5. The van der Waals surface area contributed by atoms with Gasteiger partial charge in [-0.2, -0.15) is 0 Å². The Balaban J connectivity index is 1.98. The smallest absolute Gasteiger partial charge is 0.162 e. The van der Waals surface area contributed by atoms with Crippen molar-refractivity contribution in [1.82, 2.24) is 5.32 Å². The zero-order valence-corrected chi connectivity index (χ0v) is 13.6. The maximum atomic E-state index is 10.1. The summed E-state index contributed by atoms with van der Waals surface area (Å²) in [5.41, 5.74) is 1.51. The van der Waals surface area contributed by atoms with Gasteiger partial charge >= 0.3 is 0 Å². The van der Waals surface area contributed by atoms with Crippen LogP contribution in [-0.2, 0) is 6.54 Å².